The Morgan fingerprint density at radius 2 is 1.83 bits per heavy atom. The minimum Gasteiger partial charge on any atom is -0.390 e. The van der Waals surface area contributed by atoms with Gasteiger partial charge in [0.1, 0.15) is 0 Å². The summed E-state index contributed by atoms with van der Waals surface area (Å²) in [6.07, 6.45) is 2.48. The summed E-state index contributed by atoms with van der Waals surface area (Å²) in [5.74, 6) is 0. The second-order valence-corrected chi connectivity index (χ2v) is 9.53. The molecule has 2 fully saturated rings. The van der Waals surface area contributed by atoms with Crippen LogP contribution in [0.1, 0.15) is 43.7 Å². The Morgan fingerprint density at radius 1 is 1.17 bits per heavy atom. The van der Waals surface area contributed by atoms with Crippen LogP contribution < -0.4 is 0 Å². The van der Waals surface area contributed by atoms with Crippen LogP contribution in [0.15, 0.2) is 23.1 Å². The molecule has 2 heterocycles. The zero-order valence-electron chi connectivity index (χ0n) is 14.7. The smallest absolute Gasteiger partial charge is 0.243 e. The SMILES string of the molecule is Cc1ccc(C)c(S(=O)(=O)N2CCC3(CC2)CC(C)(O)CCO3)c1. The zero-order valence-corrected chi connectivity index (χ0v) is 15.5. The molecule has 24 heavy (non-hydrogen) atoms. The van der Waals surface area contributed by atoms with E-state index in [0.717, 1.165) is 11.1 Å². The van der Waals surface area contributed by atoms with E-state index < -0.39 is 15.6 Å². The molecule has 2 aliphatic heterocycles. The minimum atomic E-state index is -3.48. The number of hydrogen-bond donors (Lipinski definition) is 1. The molecule has 1 aromatic carbocycles. The molecule has 1 atom stereocenters. The van der Waals surface area contributed by atoms with Crippen LogP contribution in [0.4, 0.5) is 0 Å². The highest BCUT2D eigenvalue weighted by Gasteiger charge is 2.46. The molecule has 0 aliphatic carbocycles. The van der Waals surface area contributed by atoms with Crippen LogP contribution in [0.25, 0.3) is 0 Å². The van der Waals surface area contributed by atoms with Crippen molar-refractivity contribution in [2.24, 2.45) is 0 Å². The van der Waals surface area contributed by atoms with E-state index in [1.165, 1.54) is 0 Å². The van der Waals surface area contributed by atoms with E-state index in [1.54, 1.807) is 10.4 Å². The first-order valence-electron chi connectivity index (χ1n) is 8.57. The molecule has 2 aliphatic rings. The number of nitrogens with zero attached hydrogens (tertiary/aromatic N) is 1. The van der Waals surface area contributed by atoms with Gasteiger partial charge in [-0.05, 0) is 57.2 Å². The minimum absolute atomic E-state index is 0.380. The van der Waals surface area contributed by atoms with Crippen molar-refractivity contribution in [2.45, 2.75) is 62.6 Å². The second-order valence-electron chi connectivity index (χ2n) is 7.63. The van der Waals surface area contributed by atoms with Gasteiger partial charge in [0, 0.05) is 19.5 Å². The lowest BCUT2D eigenvalue weighted by atomic mass is 9.78. The maximum absolute atomic E-state index is 13.0. The third-order valence-electron chi connectivity index (χ3n) is 5.35. The van der Waals surface area contributed by atoms with Crippen molar-refractivity contribution in [1.82, 2.24) is 4.31 Å². The van der Waals surface area contributed by atoms with Gasteiger partial charge >= 0.3 is 0 Å². The Balaban J connectivity index is 1.78. The zero-order chi connectivity index (χ0) is 17.6. The molecular formula is C18H27NO4S. The van der Waals surface area contributed by atoms with Crippen molar-refractivity contribution < 1.29 is 18.3 Å². The van der Waals surface area contributed by atoms with Gasteiger partial charge in [0.25, 0.3) is 0 Å². The molecule has 2 saturated heterocycles. The average Bonchev–Trinajstić information content (AvgIpc) is 2.49. The summed E-state index contributed by atoms with van der Waals surface area (Å²) in [6.45, 7) is 6.99. The van der Waals surface area contributed by atoms with Gasteiger partial charge in [0.2, 0.25) is 10.0 Å². The largest absolute Gasteiger partial charge is 0.390 e. The van der Waals surface area contributed by atoms with Gasteiger partial charge in [0.05, 0.1) is 22.7 Å². The number of aryl methyl sites for hydroxylation is 2. The Bertz CT molecular complexity index is 719. The Labute approximate surface area is 144 Å². The number of sulfonamides is 1. The molecule has 0 aromatic heterocycles. The maximum atomic E-state index is 13.0. The fourth-order valence-electron chi connectivity index (χ4n) is 3.90. The van der Waals surface area contributed by atoms with Crippen LogP contribution in [0.2, 0.25) is 0 Å². The summed E-state index contributed by atoms with van der Waals surface area (Å²) < 4.78 is 33.5. The summed E-state index contributed by atoms with van der Waals surface area (Å²) in [5, 5.41) is 10.4. The van der Waals surface area contributed by atoms with Gasteiger partial charge in [-0.3, -0.25) is 0 Å². The molecule has 5 nitrogen and oxygen atoms in total. The van der Waals surface area contributed by atoms with Gasteiger partial charge in [-0.2, -0.15) is 4.31 Å². The Hall–Kier alpha value is -0.950. The van der Waals surface area contributed by atoms with Crippen LogP contribution in [0.5, 0.6) is 0 Å². The van der Waals surface area contributed by atoms with Gasteiger partial charge in [-0.15, -0.1) is 0 Å². The fraction of sp³-hybridized carbons (Fsp3) is 0.667. The predicted octanol–water partition coefficient (Wildman–Crippen LogP) is 2.39. The molecule has 134 valence electrons. The first-order valence-corrected chi connectivity index (χ1v) is 10.0. The van der Waals surface area contributed by atoms with Gasteiger partial charge in [0.15, 0.2) is 0 Å². The van der Waals surface area contributed by atoms with E-state index in [-0.39, 0.29) is 5.60 Å². The number of rotatable bonds is 2. The quantitative estimate of drug-likeness (QED) is 0.886. The average molecular weight is 353 g/mol. The first kappa shape index (κ1) is 17.9. The van der Waals surface area contributed by atoms with Crippen LogP contribution in [-0.2, 0) is 14.8 Å². The third kappa shape index (κ3) is 3.38. The standard InChI is InChI=1S/C18H27NO4S/c1-14-4-5-15(2)16(12-14)24(21,22)19-9-6-18(7-10-19)13-17(3,20)8-11-23-18/h4-5,12,20H,6-11,13H2,1-3H3. The van der Waals surface area contributed by atoms with Crippen molar-refractivity contribution in [3.8, 4) is 0 Å². The lowest BCUT2D eigenvalue weighted by Gasteiger charge is -2.47. The highest BCUT2D eigenvalue weighted by Crippen LogP contribution is 2.40. The molecule has 1 unspecified atom stereocenters. The molecule has 1 aromatic rings. The fourth-order valence-corrected chi connectivity index (χ4v) is 5.65. The highest BCUT2D eigenvalue weighted by molar-refractivity contribution is 7.89. The third-order valence-corrected chi connectivity index (χ3v) is 7.39. The lowest BCUT2D eigenvalue weighted by molar-refractivity contribution is -0.168. The van der Waals surface area contributed by atoms with E-state index in [0.29, 0.717) is 50.3 Å². The van der Waals surface area contributed by atoms with E-state index in [4.69, 9.17) is 4.74 Å². The molecule has 3 rings (SSSR count). The number of benzene rings is 1. The monoisotopic (exact) mass is 353 g/mol. The maximum Gasteiger partial charge on any atom is 0.243 e. The molecular weight excluding hydrogens is 326 g/mol. The van der Waals surface area contributed by atoms with Crippen molar-refractivity contribution in [3.05, 3.63) is 29.3 Å². The van der Waals surface area contributed by atoms with E-state index in [1.807, 2.05) is 32.9 Å². The van der Waals surface area contributed by atoms with Gasteiger partial charge in [-0.25, -0.2) is 8.42 Å². The summed E-state index contributed by atoms with van der Waals surface area (Å²) in [6, 6.07) is 5.53. The molecule has 0 saturated carbocycles. The van der Waals surface area contributed by atoms with E-state index >= 15 is 0 Å². The Kier molecular flexibility index (Phi) is 4.53. The summed E-state index contributed by atoms with van der Waals surface area (Å²) in [7, 11) is -3.48. The molecule has 1 spiro atoms. The Morgan fingerprint density at radius 3 is 2.46 bits per heavy atom. The molecule has 0 radical (unpaired) electrons. The second kappa shape index (κ2) is 6.09. The van der Waals surface area contributed by atoms with Crippen molar-refractivity contribution in [1.29, 1.82) is 0 Å². The lowest BCUT2D eigenvalue weighted by Crippen LogP contribution is -2.54. The summed E-state index contributed by atoms with van der Waals surface area (Å²) in [5.41, 5.74) is 0.624. The molecule has 0 bridgehead atoms. The topological polar surface area (TPSA) is 66.8 Å². The van der Waals surface area contributed by atoms with Crippen molar-refractivity contribution in [2.75, 3.05) is 19.7 Å². The van der Waals surface area contributed by atoms with Crippen LogP contribution in [0.3, 0.4) is 0 Å². The van der Waals surface area contributed by atoms with Crippen LogP contribution >= 0.6 is 0 Å². The normalized spacial score (nSPS) is 28.2. The first-order chi connectivity index (χ1) is 11.1. The number of hydrogen-bond acceptors (Lipinski definition) is 4. The summed E-state index contributed by atoms with van der Waals surface area (Å²) >= 11 is 0. The van der Waals surface area contributed by atoms with E-state index in [2.05, 4.69) is 0 Å². The summed E-state index contributed by atoms with van der Waals surface area (Å²) in [4.78, 5) is 0.398. The van der Waals surface area contributed by atoms with Gasteiger partial charge < -0.3 is 9.84 Å². The van der Waals surface area contributed by atoms with Crippen molar-refractivity contribution in [3.63, 3.8) is 0 Å². The van der Waals surface area contributed by atoms with Gasteiger partial charge in [-0.1, -0.05) is 12.1 Å². The van der Waals surface area contributed by atoms with Crippen molar-refractivity contribution >= 4 is 10.0 Å². The molecule has 0 amide bonds. The molecule has 6 heteroatoms. The molecule has 1 N–H and O–H groups in total. The predicted molar refractivity (Wildman–Crippen MR) is 92.4 cm³/mol. The van der Waals surface area contributed by atoms with E-state index in [9.17, 15) is 13.5 Å². The number of ether oxygens (including phenoxy) is 1. The number of aliphatic hydroxyl groups is 1. The highest BCUT2D eigenvalue weighted by atomic mass is 32.2. The van der Waals surface area contributed by atoms with Crippen LogP contribution in [-0.4, -0.2) is 48.7 Å². The van der Waals surface area contributed by atoms with Crippen LogP contribution in [0, 0.1) is 13.8 Å². The number of piperidine rings is 1.